The third-order valence-corrected chi connectivity index (χ3v) is 3.11. The van der Waals surface area contributed by atoms with E-state index in [9.17, 15) is 9.59 Å². The Balaban J connectivity index is 3.94. The van der Waals surface area contributed by atoms with Gasteiger partial charge in [0, 0.05) is 19.5 Å². The van der Waals surface area contributed by atoms with Crippen LogP contribution in [0.3, 0.4) is 0 Å². The molecule has 2 amide bonds. The van der Waals surface area contributed by atoms with Crippen LogP contribution in [0.25, 0.3) is 0 Å². The largest absolute Gasteiger partial charge is 0.356 e. The molecule has 0 saturated heterocycles. The Morgan fingerprint density at radius 1 is 1.32 bits per heavy atom. The predicted molar refractivity (Wildman–Crippen MR) is 78.7 cm³/mol. The molecule has 2 N–H and O–H groups in total. The van der Waals surface area contributed by atoms with Gasteiger partial charge in [-0.1, -0.05) is 34.3 Å². The summed E-state index contributed by atoms with van der Waals surface area (Å²) in [7, 11) is 0. The average Bonchev–Trinajstić information content (AvgIpc) is 2.35. The lowest BCUT2D eigenvalue weighted by Crippen LogP contribution is -2.35. The Hall–Kier alpha value is -1.32. The summed E-state index contributed by atoms with van der Waals surface area (Å²) >= 11 is 0. The first-order valence-electron chi connectivity index (χ1n) is 6.97. The molecule has 0 aliphatic carbocycles. The van der Waals surface area contributed by atoms with Crippen molar-refractivity contribution < 1.29 is 9.59 Å². The molecular formula is C15H28N2O2. The van der Waals surface area contributed by atoms with Gasteiger partial charge in [0.1, 0.15) is 0 Å². The Labute approximate surface area is 117 Å². The first-order valence-corrected chi connectivity index (χ1v) is 6.97. The number of nitrogens with one attached hydrogen (secondary N) is 2. The summed E-state index contributed by atoms with van der Waals surface area (Å²) in [5, 5.41) is 5.72. The molecule has 0 aromatic carbocycles. The van der Waals surface area contributed by atoms with E-state index in [1.54, 1.807) is 0 Å². The zero-order valence-electron chi connectivity index (χ0n) is 12.7. The molecule has 0 aromatic heterocycles. The third kappa shape index (κ3) is 9.28. The molecule has 0 spiro atoms. The van der Waals surface area contributed by atoms with Gasteiger partial charge in [-0.3, -0.25) is 9.59 Å². The van der Waals surface area contributed by atoms with Crippen molar-refractivity contribution in [1.82, 2.24) is 10.6 Å². The van der Waals surface area contributed by atoms with Crippen molar-refractivity contribution in [1.29, 1.82) is 0 Å². The first kappa shape index (κ1) is 17.7. The lowest BCUT2D eigenvalue weighted by molar-refractivity contribution is -0.121. The Bertz CT molecular complexity index is 311. The summed E-state index contributed by atoms with van der Waals surface area (Å²) in [6.07, 6.45) is 3.76. The molecule has 0 aliphatic rings. The van der Waals surface area contributed by atoms with Crippen LogP contribution in [0.5, 0.6) is 0 Å². The fraction of sp³-hybridized carbons (Fsp3) is 0.733. The van der Waals surface area contributed by atoms with Crippen LogP contribution in [0.4, 0.5) is 0 Å². The summed E-state index contributed by atoms with van der Waals surface area (Å²) < 4.78 is 0. The SMILES string of the molecule is C=CC(=O)NCCC(C)CC(C)(C)CNC(=O)CC. The maximum Gasteiger partial charge on any atom is 0.243 e. The van der Waals surface area contributed by atoms with E-state index in [0.717, 1.165) is 12.8 Å². The number of hydrogen-bond donors (Lipinski definition) is 2. The van der Waals surface area contributed by atoms with Gasteiger partial charge in [-0.05, 0) is 30.3 Å². The number of hydrogen-bond acceptors (Lipinski definition) is 2. The molecular weight excluding hydrogens is 240 g/mol. The highest BCUT2D eigenvalue weighted by Crippen LogP contribution is 2.26. The lowest BCUT2D eigenvalue weighted by atomic mass is 9.82. The lowest BCUT2D eigenvalue weighted by Gasteiger charge is -2.28. The minimum atomic E-state index is -0.123. The monoisotopic (exact) mass is 268 g/mol. The minimum absolute atomic E-state index is 0.0761. The van der Waals surface area contributed by atoms with Crippen LogP contribution < -0.4 is 10.6 Å². The van der Waals surface area contributed by atoms with Gasteiger partial charge in [0.15, 0.2) is 0 Å². The maximum atomic E-state index is 11.3. The summed E-state index contributed by atoms with van der Waals surface area (Å²) in [6, 6.07) is 0. The van der Waals surface area contributed by atoms with Gasteiger partial charge in [-0.25, -0.2) is 0 Å². The van der Waals surface area contributed by atoms with Crippen LogP contribution in [0.1, 0.15) is 47.0 Å². The number of amides is 2. The summed E-state index contributed by atoms with van der Waals surface area (Å²) in [6.45, 7) is 13.1. The molecule has 110 valence electrons. The topological polar surface area (TPSA) is 58.2 Å². The predicted octanol–water partition coefficient (Wildman–Crippen LogP) is 2.26. The van der Waals surface area contributed by atoms with Gasteiger partial charge in [0.25, 0.3) is 0 Å². The van der Waals surface area contributed by atoms with Crippen molar-refractivity contribution in [2.24, 2.45) is 11.3 Å². The van der Waals surface area contributed by atoms with E-state index in [1.165, 1.54) is 6.08 Å². The number of carbonyl (C=O) groups is 2. The van der Waals surface area contributed by atoms with Gasteiger partial charge in [-0.15, -0.1) is 0 Å². The van der Waals surface area contributed by atoms with Crippen molar-refractivity contribution in [2.75, 3.05) is 13.1 Å². The van der Waals surface area contributed by atoms with E-state index in [-0.39, 0.29) is 17.2 Å². The van der Waals surface area contributed by atoms with E-state index in [0.29, 0.717) is 25.4 Å². The molecule has 19 heavy (non-hydrogen) atoms. The summed E-state index contributed by atoms with van der Waals surface area (Å²) in [5.74, 6) is 0.472. The smallest absolute Gasteiger partial charge is 0.243 e. The summed E-state index contributed by atoms with van der Waals surface area (Å²) in [4.78, 5) is 22.3. The molecule has 4 heteroatoms. The van der Waals surface area contributed by atoms with Crippen LogP contribution in [0.2, 0.25) is 0 Å². The number of rotatable bonds is 9. The average molecular weight is 268 g/mol. The van der Waals surface area contributed by atoms with Crippen molar-refractivity contribution in [3.8, 4) is 0 Å². The van der Waals surface area contributed by atoms with Crippen LogP contribution >= 0.6 is 0 Å². The van der Waals surface area contributed by atoms with Gasteiger partial charge in [0.05, 0.1) is 0 Å². The molecule has 1 unspecified atom stereocenters. The van der Waals surface area contributed by atoms with Gasteiger partial charge >= 0.3 is 0 Å². The zero-order chi connectivity index (χ0) is 14.9. The molecule has 0 radical (unpaired) electrons. The van der Waals surface area contributed by atoms with Crippen LogP contribution in [0.15, 0.2) is 12.7 Å². The highest BCUT2D eigenvalue weighted by molar-refractivity contribution is 5.86. The normalized spacial score (nSPS) is 12.6. The van der Waals surface area contributed by atoms with Crippen molar-refractivity contribution >= 4 is 11.8 Å². The van der Waals surface area contributed by atoms with Gasteiger partial charge in [-0.2, -0.15) is 0 Å². The molecule has 0 saturated carbocycles. The van der Waals surface area contributed by atoms with E-state index < -0.39 is 0 Å². The molecule has 0 aromatic rings. The molecule has 4 nitrogen and oxygen atoms in total. The minimum Gasteiger partial charge on any atom is -0.356 e. The van der Waals surface area contributed by atoms with Crippen molar-refractivity contribution in [3.63, 3.8) is 0 Å². The second-order valence-corrected chi connectivity index (χ2v) is 5.89. The van der Waals surface area contributed by atoms with E-state index in [4.69, 9.17) is 0 Å². The molecule has 0 bridgehead atoms. The van der Waals surface area contributed by atoms with E-state index in [2.05, 4.69) is 38.0 Å². The van der Waals surface area contributed by atoms with Gasteiger partial charge < -0.3 is 10.6 Å². The molecule has 0 rings (SSSR count). The zero-order valence-corrected chi connectivity index (χ0v) is 12.7. The molecule has 1 atom stereocenters. The standard InChI is InChI=1S/C15H28N2O2/c1-6-13(18)16-9-8-12(3)10-15(4,5)11-17-14(19)7-2/h6,12H,1,7-11H2,2-5H3,(H,16,18)(H,17,19). The second-order valence-electron chi connectivity index (χ2n) is 5.89. The van der Waals surface area contributed by atoms with E-state index >= 15 is 0 Å². The Kier molecular flexibility index (Phi) is 8.12. The van der Waals surface area contributed by atoms with Gasteiger partial charge in [0.2, 0.25) is 11.8 Å². The number of carbonyl (C=O) groups excluding carboxylic acids is 2. The fourth-order valence-corrected chi connectivity index (χ4v) is 2.09. The third-order valence-electron chi connectivity index (χ3n) is 3.11. The molecule has 0 fully saturated rings. The maximum absolute atomic E-state index is 11.3. The fourth-order valence-electron chi connectivity index (χ4n) is 2.09. The Morgan fingerprint density at radius 2 is 1.95 bits per heavy atom. The Morgan fingerprint density at radius 3 is 2.47 bits per heavy atom. The highest BCUT2D eigenvalue weighted by atomic mass is 16.2. The van der Waals surface area contributed by atoms with E-state index in [1.807, 2.05) is 6.92 Å². The quantitative estimate of drug-likeness (QED) is 0.630. The summed E-state index contributed by atoms with van der Waals surface area (Å²) in [5.41, 5.74) is 0.0761. The van der Waals surface area contributed by atoms with Crippen LogP contribution in [0, 0.1) is 11.3 Å². The first-order chi connectivity index (χ1) is 8.80. The molecule has 0 heterocycles. The highest BCUT2D eigenvalue weighted by Gasteiger charge is 2.21. The van der Waals surface area contributed by atoms with Crippen molar-refractivity contribution in [3.05, 3.63) is 12.7 Å². The van der Waals surface area contributed by atoms with Crippen molar-refractivity contribution in [2.45, 2.75) is 47.0 Å². The van der Waals surface area contributed by atoms with Crippen LogP contribution in [-0.4, -0.2) is 24.9 Å². The van der Waals surface area contributed by atoms with Crippen LogP contribution in [-0.2, 0) is 9.59 Å². The molecule has 0 aliphatic heterocycles. The second kappa shape index (κ2) is 8.73.